The molecule has 1 amide bonds. The smallest absolute Gasteiger partial charge is 0.244 e. The Kier molecular flexibility index (Phi) is 3.84. The van der Waals surface area contributed by atoms with Gasteiger partial charge in [0.1, 0.15) is 0 Å². The van der Waals surface area contributed by atoms with Crippen LogP contribution in [0.3, 0.4) is 0 Å². The third-order valence-electron chi connectivity index (χ3n) is 2.04. The number of amidine groups is 1. The Hall–Kier alpha value is -1.73. The van der Waals surface area contributed by atoms with Gasteiger partial charge in [0.15, 0.2) is 5.84 Å². The first kappa shape index (κ1) is 11.7. The number of aliphatic imine (C=N–C) groups is 1. The van der Waals surface area contributed by atoms with Crippen molar-refractivity contribution < 1.29 is 4.79 Å². The van der Waals surface area contributed by atoms with Gasteiger partial charge >= 0.3 is 0 Å². The van der Waals surface area contributed by atoms with Crippen LogP contribution in [-0.2, 0) is 4.79 Å². The molecule has 1 atom stereocenters. The molecular formula is C10H11N5OS. The van der Waals surface area contributed by atoms with E-state index in [0.29, 0.717) is 5.84 Å². The van der Waals surface area contributed by atoms with Gasteiger partial charge in [-0.2, -0.15) is 0 Å². The summed E-state index contributed by atoms with van der Waals surface area (Å²) in [7, 11) is 0. The topological polar surface area (TPSA) is 92.2 Å². The second-order valence-electron chi connectivity index (χ2n) is 3.24. The summed E-state index contributed by atoms with van der Waals surface area (Å²) in [6.45, 7) is 0. The van der Waals surface area contributed by atoms with E-state index in [9.17, 15) is 4.79 Å². The number of amides is 1. The van der Waals surface area contributed by atoms with E-state index in [0.717, 1.165) is 5.56 Å². The molecule has 1 aliphatic rings. The molecule has 7 heteroatoms. The van der Waals surface area contributed by atoms with Crippen molar-refractivity contribution in [2.45, 2.75) is 5.50 Å². The molecule has 88 valence electrons. The number of hydrogen-bond acceptors (Lipinski definition) is 6. The van der Waals surface area contributed by atoms with E-state index in [2.05, 4.69) is 20.6 Å². The second kappa shape index (κ2) is 5.55. The zero-order chi connectivity index (χ0) is 12.1. The van der Waals surface area contributed by atoms with E-state index in [1.807, 2.05) is 30.3 Å². The van der Waals surface area contributed by atoms with Gasteiger partial charge in [-0.25, -0.2) is 10.8 Å². The largest absolute Gasteiger partial charge is 0.294 e. The summed E-state index contributed by atoms with van der Waals surface area (Å²) in [4.78, 5) is 15.2. The molecular weight excluding hydrogens is 238 g/mol. The molecule has 0 spiro atoms. The fourth-order valence-electron chi connectivity index (χ4n) is 1.24. The summed E-state index contributed by atoms with van der Waals surface area (Å²) in [5.74, 6) is 5.52. The third-order valence-corrected chi connectivity index (χ3v) is 2.97. The maximum Gasteiger partial charge on any atom is 0.244 e. The Bertz CT molecular complexity index is 459. The third kappa shape index (κ3) is 3.11. The molecule has 1 heterocycles. The van der Waals surface area contributed by atoms with Gasteiger partial charge < -0.3 is 0 Å². The number of rotatable bonds is 4. The van der Waals surface area contributed by atoms with Crippen LogP contribution in [0.2, 0.25) is 0 Å². The standard InChI is InChI=1S/C10H11N5OS/c11-13-8(16)6-17-10-12-9(14-15-10)7-4-2-1-3-5-7/h1-5,10H,6,11H2,(H,13,16). The minimum Gasteiger partial charge on any atom is -0.294 e. The van der Waals surface area contributed by atoms with Gasteiger partial charge in [-0.1, -0.05) is 42.1 Å². The second-order valence-corrected chi connectivity index (χ2v) is 4.28. The van der Waals surface area contributed by atoms with Gasteiger partial charge in [0.25, 0.3) is 0 Å². The lowest BCUT2D eigenvalue weighted by Gasteiger charge is -2.00. The van der Waals surface area contributed by atoms with Crippen molar-refractivity contribution in [3.05, 3.63) is 35.9 Å². The monoisotopic (exact) mass is 249 g/mol. The Morgan fingerprint density at radius 3 is 2.88 bits per heavy atom. The van der Waals surface area contributed by atoms with Gasteiger partial charge in [-0.3, -0.25) is 10.2 Å². The van der Waals surface area contributed by atoms with Gasteiger partial charge in [-0.05, 0) is 0 Å². The number of thioether (sulfide) groups is 1. The lowest BCUT2D eigenvalue weighted by Crippen LogP contribution is -2.31. The van der Waals surface area contributed by atoms with Crippen molar-refractivity contribution in [2.75, 3.05) is 5.75 Å². The number of nitrogens with zero attached hydrogens (tertiary/aromatic N) is 3. The van der Waals surface area contributed by atoms with Crippen LogP contribution in [0.25, 0.3) is 0 Å². The zero-order valence-corrected chi connectivity index (χ0v) is 9.72. The average Bonchev–Trinajstić information content (AvgIpc) is 2.86. The normalized spacial score (nSPS) is 17.9. The summed E-state index contributed by atoms with van der Waals surface area (Å²) < 4.78 is 0. The predicted octanol–water partition coefficient (Wildman–Crippen LogP) is 0.906. The van der Waals surface area contributed by atoms with Crippen LogP contribution >= 0.6 is 11.8 Å². The number of benzene rings is 1. The highest BCUT2D eigenvalue weighted by atomic mass is 32.2. The zero-order valence-electron chi connectivity index (χ0n) is 8.91. The molecule has 0 bridgehead atoms. The van der Waals surface area contributed by atoms with Crippen LogP contribution in [0.4, 0.5) is 0 Å². The van der Waals surface area contributed by atoms with E-state index >= 15 is 0 Å². The van der Waals surface area contributed by atoms with E-state index in [-0.39, 0.29) is 17.2 Å². The number of carbonyl (C=O) groups excluding carboxylic acids is 1. The van der Waals surface area contributed by atoms with Gasteiger partial charge in [-0.15, -0.1) is 10.2 Å². The summed E-state index contributed by atoms with van der Waals surface area (Å²) in [5, 5.41) is 7.95. The molecule has 0 aliphatic carbocycles. The SMILES string of the molecule is NNC(=O)CSC1N=NC(c2ccccc2)=N1. The molecule has 1 aliphatic heterocycles. The molecule has 0 saturated carbocycles. The van der Waals surface area contributed by atoms with Crippen LogP contribution < -0.4 is 11.3 Å². The molecule has 17 heavy (non-hydrogen) atoms. The minimum atomic E-state index is -0.359. The number of carbonyl (C=O) groups is 1. The molecule has 0 aromatic heterocycles. The van der Waals surface area contributed by atoms with Crippen molar-refractivity contribution in [3.63, 3.8) is 0 Å². The first-order valence-electron chi connectivity index (χ1n) is 4.95. The highest BCUT2D eigenvalue weighted by molar-refractivity contribution is 8.00. The highest BCUT2D eigenvalue weighted by Gasteiger charge is 2.16. The van der Waals surface area contributed by atoms with E-state index in [1.54, 1.807) is 0 Å². The van der Waals surface area contributed by atoms with E-state index < -0.39 is 0 Å². The molecule has 0 fully saturated rings. The van der Waals surface area contributed by atoms with Crippen molar-refractivity contribution in [1.29, 1.82) is 0 Å². The van der Waals surface area contributed by atoms with E-state index in [4.69, 9.17) is 5.84 Å². The lowest BCUT2D eigenvalue weighted by atomic mass is 10.2. The molecule has 0 saturated heterocycles. The molecule has 2 rings (SSSR count). The van der Waals surface area contributed by atoms with Crippen molar-refractivity contribution in [1.82, 2.24) is 5.43 Å². The first-order valence-corrected chi connectivity index (χ1v) is 5.99. The number of hydrogen-bond donors (Lipinski definition) is 2. The Labute approximate surface area is 102 Å². The Morgan fingerprint density at radius 2 is 2.18 bits per heavy atom. The molecule has 1 aromatic rings. The maximum atomic E-state index is 10.9. The molecule has 1 unspecified atom stereocenters. The van der Waals surface area contributed by atoms with Crippen LogP contribution in [0.5, 0.6) is 0 Å². The number of hydrazine groups is 1. The van der Waals surface area contributed by atoms with Gasteiger partial charge in [0.05, 0.1) is 5.75 Å². The van der Waals surface area contributed by atoms with Crippen LogP contribution in [0.1, 0.15) is 5.56 Å². The molecule has 1 aromatic carbocycles. The summed E-state index contributed by atoms with van der Waals surface area (Å²) in [5.41, 5.74) is 2.61. The first-order chi connectivity index (χ1) is 8.29. The number of azo groups is 1. The van der Waals surface area contributed by atoms with E-state index in [1.165, 1.54) is 11.8 Å². The van der Waals surface area contributed by atoms with Crippen LogP contribution in [0.15, 0.2) is 45.6 Å². The van der Waals surface area contributed by atoms with Crippen LogP contribution in [0, 0.1) is 0 Å². The van der Waals surface area contributed by atoms with Gasteiger partial charge in [0, 0.05) is 5.56 Å². The molecule has 6 nitrogen and oxygen atoms in total. The average molecular weight is 249 g/mol. The fourth-order valence-corrected chi connectivity index (χ4v) is 1.91. The maximum absolute atomic E-state index is 10.9. The summed E-state index contributed by atoms with van der Waals surface area (Å²) >= 11 is 1.28. The minimum absolute atomic E-state index is 0.214. The van der Waals surface area contributed by atoms with Gasteiger partial charge in [0.2, 0.25) is 11.4 Å². The van der Waals surface area contributed by atoms with Crippen molar-refractivity contribution in [2.24, 2.45) is 21.1 Å². The van der Waals surface area contributed by atoms with Crippen molar-refractivity contribution in [3.8, 4) is 0 Å². The highest BCUT2D eigenvalue weighted by Crippen LogP contribution is 2.21. The lowest BCUT2D eigenvalue weighted by molar-refractivity contribution is -0.118. The quantitative estimate of drug-likeness (QED) is 0.472. The summed E-state index contributed by atoms with van der Waals surface area (Å²) in [6, 6.07) is 9.58. The molecule has 0 radical (unpaired) electrons. The summed E-state index contributed by atoms with van der Waals surface area (Å²) in [6.07, 6.45) is 0. The Balaban J connectivity index is 1.96. The fraction of sp³-hybridized carbons (Fsp3) is 0.200. The Morgan fingerprint density at radius 1 is 1.41 bits per heavy atom. The number of nitrogens with one attached hydrogen (secondary N) is 1. The van der Waals surface area contributed by atoms with Crippen molar-refractivity contribution >= 4 is 23.5 Å². The van der Waals surface area contributed by atoms with Crippen LogP contribution in [-0.4, -0.2) is 23.0 Å². The predicted molar refractivity (Wildman–Crippen MR) is 66.4 cm³/mol. The number of nitrogens with two attached hydrogens (primary N) is 1. The molecule has 3 N–H and O–H groups in total.